The molecule has 0 heterocycles. The van der Waals surface area contributed by atoms with Gasteiger partial charge in [-0.3, -0.25) is 14.4 Å². The molecule has 7 heteroatoms. The van der Waals surface area contributed by atoms with Gasteiger partial charge in [0.1, 0.15) is 5.70 Å². The van der Waals surface area contributed by atoms with Crippen LogP contribution in [0.3, 0.4) is 0 Å². The van der Waals surface area contributed by atoms with Gasteiger partial charge < -0.3 is 16.0 Å². The van der Waals surface area contributed by atoms with Gasteiger partial charge in [0.2, 0.25) is 11.8 Å². The van der Waals surface area contributed by atoms with Crippen molar-refractivity contribution in [1.29, 1.82) is 0 Å². The van der Waals surface area contributed by atoms with Crippen LogP contribution in [0.5, 0.6) is 0 Å². The molecular formula is C26H24ClN3O3. The van der Waals surface area contributed by atoms with E-state index in [0.717, 1.165) is 16.7 Å². The predicted molar refractivity (Wildman–Crippen MR) is 130 cm³/mol. The fourth-order valence-corrected chi connectivity index (χ4v) is 3.15. The molecule has 168 valence electrons. The predicted octanol–water partition coefficient (Wildman–Crippen LogP) is 4.31. The second kappa shape index (κ2) is 11.6. The quantitative estimate of drug-likeness (QED) is 0.437. The summed E-state index contributed by atoms with van der Waals surface area (Å²) in [4.78, 5) is 36.5. The van der Waals surface area contributed by atoms with E-state index >= 15 is 0 Å². The minimum absolute atomic E-state index is 0.0884. The molecule has 0 bridgehead atoms. The number of benzene rings is 3. The fourth-order valence-electron chi connectivity index (χ4n) is 3.02. The molecule has 0 aliphatic rings. The zero-order valence-electron chi connectivity index (χ0n) is 18.1. The first-order valence-corrected chi connectivity index (χ1v) is 10.7. The summed E-state index contributed by atoms with van der Waals surface area (Å²) in [6, 6.07) is 23.6. The maximum atomic E-state index is 12.7. The van der Waals surface area contributed by atoms with Crippen LogP contribution in [0.25, 0.3) is 6.08 Å². The number of carbonyl (C=O) groups is 3. The number of amides is 3. The minimum Gasteiger partial charge on any atom is -0.352 e. The molecule has 3 rings (SSSR count). The number of halogens is 1. The lowest BCUT2D eigenvalue weighted by atomic mass is 10.1. The van der Waals surface area contributed by atoms with E-state index in [4.69, 9.17) is 11.6 Å². The van der Waals surface area contributed by atoms with Crippen molar-refractivity contribution in [2.45, 2.75) is 19.9 Å². The van der Waals surface area contributed by atoms with Crippen molar-refractivity contribution < 1.29 is 14.4 Å². The van der Waals surface area contributed by atoms with Gasteiger partial charge in [-0.2, -0.15) is 0 Å². The van der Waals surface area contributed by atoms with Crippen molar-refractivity contribution in [3.8, 4) is 0 Å². The Labute approximate surface area is 197 Å². The maximum absolute atomic E-state index is 12.7. The average molecular weight is 462 g/mol. The van der Waals surface area contributed by atoms with Crippen LogP contribution >= 0.6 is 11.6 Å². The van der Waals surface area contributed by atoms with Crippen LogP contribution in [0.1, 0.15) is 23.6 Å². The summed E-state index contributed by atoms with van der Waals surface area (Å²) >= 11 is 5.90. The highest BCUT2D eigenvalue weighted by molar-refractivity contribution is 6.30. The molecule has 0 saturated carbocycles. The number of rotatable bonds is 8. The second-order valence-electron chi connectivity index (χ2n) is 7.38. The molecule has 33 heavy (non-hydrogen) atoms. The van der Waals surface area contributed by atoms with Crippen LogP contribution in [0.15, 0.2) is 84.6 Å². The van der Waals surface area contributed by atoms with Crippen LogP contribution in [0.4, 0.5) is 5.69 Å². The summed E-state index contributed by atoms with van der Waals surface area (Å²) in [6.07, 6.45) is 1.80. The average Bonchev–Trinajstić information content (AvgIpc) is 2.80. The normalized spacial score (nSPS) is 10.9. The Balaban J connectivity index is 1.59. The monoisotopic (exact) mass is 461 g/mol. The molecule has 3 N–H and O–H groups in total. The van der Waals surface area contributed by atoms with Crippen LogP contribution in [-0.2, 0) is 27.3 Å². The molecule has 0 unspecified atom stereocenters. The molecular weight excluding hydrogens is 438 g/mol. The summed E-state index contributed by atoms with van der Waals surface area (Å²) in [6.45, 7) is 1.81. The standard InChI is InChI=1S/C26H24ClN3O3/c1-18(31)29-24(15-19-7-11-22(27)12-8-19)26(33)30-23-13-9-20(10-14-23)16-25(32)28-17-21-5-3-2-4-6-21/h2-15H,16-17H2,1H3,(H,28,32)(H,29,31)(H,30,33)/b24-15+. The van der Waals surface area contributed by atoms with Gasteiger partial charge in [-0.15, -0.1) is 0 Å². The van der Waals surface area contributed by atoms with Crippen molar-refractivity contribution in [2.75, 3.05) is 5.32 Å². The molecule has 0 spiro atoms. The molecule has 0 atom stereocenters. The number of hydrogen-bond acceptors (Lipinski definition) is 3. The molecule has 6 nitrogen and oxygen atoms in total. The maximum Gasteiger partial charge on any atom is 0.272 e. The minimum atomic E-state index is -0.464. The third kappa shape index (κ3) is 7.94. The van der Waals surface area contributed by atoms with Crippen LogP contribution in [0.2, 0.25) is 5.02 Å². The number of anilines is 1. The van der Waals surface area contributed by atoms with Crippen molar-refractivity contribution in [3.05, 3.63) is 106 Å². The third-order valence-electron chi connectivity index (χ3n) is 4.65. The Morgan fingerprint density at radius 1 is 0.848 bits per heavy atom. The summed E-state index contributed by atoms with van der Waals surface area (Å²) in [5.41, 5.74) is 3.22. The number of nitrogens with one attached hydrogen (secondary N) is 3. The highest BCUT2D eigenvalue weighted by atomic mass is 35.5. The summed E-state index contributed by atoms with van der Waals surface area (Å²) in [5, 5.41) is 8.77. The van der Waals surface area contributed by atoms with E-state index in [0.29, 0.717) is 17.3 Å². The molecule has 0 aromatic heterocycles. The van der Waals surface area contributed by atoms with Gasteiger partial charge >= 0.3 is 0 Å². The van der Waals surface area contributed by atoms with Gasteiger partial charge in [0.15, 0.2) is 0 Å². The smallest absolute Gasteiger partial charge is 0.272 e. The molecule has 0 saturated heterocycles. The van der Waals surface area contributed by atoms with E-state index in [2.05, 4.69) is 16.0 Å². The van der Waals surface area contributed by atoms with E-state index < -0.39 is 5.91 Å². The van der Waals surface area contributed by atoms with Gasteiger partial charge in [-0.1, -0.05) is 66.2 Å². The second-order valence-corrected chi connectivity index (χ2v) is 7.82. The topological polar surface area (TPSA) is 87.3 Å². The Hall–Kier alpha value is -3.90. The van der Waals surface area contributed by atoms with Crippen LogP contribution in [-0.4, -0.2) is 17.7 Å². The van der Waals surface area contributed by atoms with Gasteiger partial charge in [0, 0.05) is 24.2 Å². The van der Waals surface area contributed by atoms with Crippen molar-refractivity contribution in [3.63, 3.8) is 0 Å². The largest absolute Gasteiger partial charge is 0.352 e. The first-order valence-electron chi connectivity index (χ1n) is 10.3. The molecule has 0 aliphatic heterocycles. The van der Waals surface area contributed by atoms with E-state index in [9.17, 15) is 14.4 Å². The van der Waals surface area contributed by atoms with Crippen molar-refractivity contribution in [2.24, 2.45) is 0 Å². The Bertz CT molecular complexity index is 1140. The van der Waals surface area contributed by atoms with Gasteiger partial charge in [0.05, 0.1) is 6.42 Å². The Morgan fingerprint density at radius 3 is 2.15 bits per heavy atom. The SMILES string of the molecule is CC(=O)N/C(=C/c1ccc(Cl)cc1)C(=O)Nc1ccc(CC(=O)NCc2ccccc2)cc1. The third-order valence-corrected chi connectivity index (χ3v) is 4.90. The molecule has 0 radical (unpaired) electrons. The number of hydrogen-bond donors (Lipinski definition) is 3. The van der Waals surface area contributed by atoms with Gasteiger partial charge in [-0.05, 0) is 47.0 Å². The van der Waals surface area contributed by atoms with E-state index in [1.54, 1.807) is 54.6 Å². The zero-order valence-corrected chi connectivity index (χ0v) is 18.9. The van der Waals surface area contributed by atoms with E-state index in [1.807, 2.05) is 30.3 Å². The van der Waals surface area contributed by atoms with Gasteiger partial charge in [0.25, 0.3) is 5.91 Å². The fraction of sp³-hybridized carbons (Fsp3) is 0.115. The van der Waals surface area contributed by atoms with Crippen molar-refractivity contribution >= 4 is 41.1 Å². The highest BCUT2D eigenvalue weighted by Crippen LogP contribution is 2.15. The lowest BCUT2D eigenvalue weighted by Gasteiger charge is -2.11. The zero-order chi connectivity index (χ0) is 23.6. The van der Waals surface area contributed by atoms with E-state index in [-0.39, 0.29) is 23.9 Å². The molecule has 3 amide bonds. The first kappa shape index (κ1) is 23.8. The molecule has 0 fully saturated rings. The Morgan fingerprint density at radius 2 is 1.52 bits per heavy atom. The summed E-state index contributed by atoms with van der Waals surface area (Å²) in [5.74, 6) is -0.912. The first-order chi connectivity index (χ1) is 15.9. The van der Waals surface area contributed by atoms with Crippen LogP contribution < -0.4 is 16.0 Å². The van der Waals surface area contributed by atoms with Gasteiger partial charge in [-0.25, -0.2) is 0 Å². The van der Waals surface area contributed by atoms with Crippen molar-refractivity contribution in [1.82, 2.24) is 10.6 Å². The van der Waals surface area contributed by atoms with E-state index in [1.165, 1.54) is 6.92 Å². The summed E-state index contributed by atoms with van der Waals surface area (Å²) < 4.78 is 0. The molecule has 0 aliphatic carbocycles. The lowest BCUT2D eigenvalue weighted by molar-refractivity contribution is -0.121. The summed E-state index contributed by atoms with van der Waals surface area (Å²) in [7, 11) is 0. The number of carbonyl (C=O) groups excluding carboxylic acids is 3. The highest BCUT2D eigenvalue weighted by Gasteiger charge is 2.12. The Kier molecular flexibility index (Phi) is 8.38. The van der Waals surface area contributed by atoms with Crippen LogP contribution in [0, 0.1) is 0 Å². The lowest BCUT2D eigenvalue weighted by Crippen LogP contribution is -2.29. The molecule has 3 aromatic carbocycles. The molecule has 3 aromatic rings.